The third kappa shape index (κ3) is 2.78. The van der Waals surface area contributed by atoms with Crippen molar-refractivity contribution in [2.45, 2.75) is 25.0 Å². The molecule has 2 aromatic rings. The van der Waals surface area contributed by atoms with E-state index >= 15 is 0 Å². The highest BCUT2D eigenvalue weighted by molar-refractivity contribution is 7.89. The summed E-state index contributed by atoms with van der Waals surface area (Å²) in [7, 11) is -3.57. The molecular weight excluding hydrogens is 274 g/mol. The van der Waals surface area contributed by atoms with E-state index in [0.29, 0.717) is 15.6 Å². The quantitative estimate of drug-likeness (QED) is 0.756. The van der Waals surface area contributed by atoms with Crippen LogP contribution in [0.1, 0.15) is 15.6 Å². The molecule has 6 nitrogen and oxygen atoms in total. The maximum atomic E-state index is 12.0. The first-order chi connectivity index (χ1) is 8.53. The highest BCUT2D eigenvalue weighted by Crippen LogP contribution is 2.25. The predicted molar refractivity (Wildman–Crippen MR) is 67.6 cm³/mol. The van der Waals surface area contributed by atoms with E-state index in [9.17, 15) is 8.42 Å². The van der Waals surface area contributed by atoms with Gasteiger partial charge in [-0.3, -0.25) is 0 Å². The number of aryl methyl sites for hydroxylation is 1. The molecule has 2 aromatic heterocycles. The summed E-state index contributed by atoms with van der Waals surface area (Å²) in [6.45, 7) is 1.67. The van der Waals surface area contributed by atoms with Crippen molar-refractivity contribution in [3.05, 3.63) is 34.0 Å². The molecule has 0 atom stereocenters. The van der Waals surface area contributed by atoms with Gasteiger partial charge in [-0.25, -0.2) is 18.1 Å². The number of aromatic amines is 1. The van der Waals surface area contributed by atoms with E-state index in [1.54, 1.807) is 19.3 Å². The van der Waals surface area contributed by atoms with E-state index in [1.165, 1.54) is 17.4 Å². The number of imidazole rings is 1. The van der Waals surface area contributed by atoms with Crippen LogP contribution in [0.3, 0.4) is 0 Å². The molecule has 0 amide bonds. The lowest BCUT2D eigenvalue weighted by molar-refractivity contribution is 0.285. The maximum absolute atomic E-state index is 12.0. The lowest BCUT2D eigenvalue weighted by Crippen LogP contribution is -2.23. The van der Waals surface area contributed by atoms with Crippen LogP contribution in [0.15, 0.2) is 23.4 Å². The summed E-state index contributed by atoms with van der Waals surface area (Å²) >= 11 is 1.27. The number of thiophene rings is 1. The third-order valence-corrected chi connectivity index (χ3v) is 5.04. The van der Waals surface area contributed by atoms with Crippen LogP contribution in [0.4, 0.5) is 0 Å². The van der Waals surface area contributed by atoms with E-state index < -0.39 is 10.0 Å². The molecule has 0 saturated carbocycles. The molecular formula is C10H13N3O3S2. The molecule has 0 unspecified atom stereocenters. The SMILES string of the molecule is Cc1sc(CO)cc1S(=O)(=O)NCc1ncc[nH]1. The fraction of sp³-hybridized carbons (Fsp3) is 0.300. The van der Waals surface area contributed by atoms with Gasteiger partial charge in [-0.15, -0.1) is 11.3 Å². The Balaban J connectivity index is 2.17. The second kappa shape index (κ2) is 5.19. The highest BCUT2D eigenvalue weighted by Gasteiger charge is 2.19. The monoisotopic (exact) mass is 287 g/mol. The second-order valence-corrected chi connectivity index (χ2v) is 6.73. The molecule has 0 aliphatic heterocycles. The van der Waals surface area contributed by atoms with Crippen molar-refractivity contribution in [2.75, 3.05) is 0 Å². The fourth-order valence-electron chi connectivity index (χ4n) is 1.50. The number of sulfonamides is 1. The Kier molecular flexibility index (Phi) is 3.81. The molecule has 2 heterocycles. The van der Waals surface area contributed by atoms with Crippen LogP contribution in [0.2, 0.25) is 0 Å². The van der Waals surface area contributed by atoms with Crippen LogP contribution < -0.4 is 4.72 Å². The van der Waals surface area contributed by atoms with Gasteiger partial charge in [-0.05, 0) is 13.0 Å². The van der Waals surface area contributed by atoms with Crippen LogP contribution in [0.5, 0.6) is 0 Å². The Morgan fingerprint density at radius 3 is 2.89 bits per heavy atom. The van der Waals surface area contributed by atoms with E-state index in [4.69, 9.17) is 5.11 Å². The van der Waals surface area contributed by atoms with Crippen LogP contribution in [0, 0.1) is 6.92 Å². The lowest BCUT2D eigenvalue weighted by atomic mass is 10.4. The van der Waals surface area contributed by atoms with Crippen LogP contribution >= 0.6 is 11.3 Å². The van der Waals surface area contributed by atoms with Gasteiger partial charge in [0.25, 0.3) is 0 Å². The average Bonchev–Trinajstić information content (AvgIpc) is 2.95. The average molecular weight is 287 g/mol. The first-order valence-corrected chi connectivity index (χ1v) is 7.51. The number of aromatic nitrogens is 2. The van der Waals surface area contributed by atoms with Crippen LogP contribution in [0.25, 0.3) is 0 Å². The van der Waals surface area contributed by atoms with Gasteiger partial charge in [0.2, 0.25) is 10.0 Å². The lowest BCUT2D eigenvalue weighted by Gasteiger charge is -2.04. The molecule has 2 rings (SSSR count). The number of nitrogens with zero attached hydrogens (tertiary/aromatic N) is 1. The fourth-order valence-corrected chi connectivity index (χ4v) is 3.99. The van der Waals surface area contributed by atoms with Gasteiger partial charge < -0.3 is 10.1 Å². The number of hydrogen-bond acceptors (Lipinski definition) is 5. The number of nitrogens with one attached hydrogen (secondary N) is 2. The zero-order valence-corrected chi connectivity index (χ0v) is 11.3. The highest BCUT2D eigenvalue weighted by atomic mass is 32.2. The molecule has 0 aromatic carbocycles. The maximum Gasteiger partial charge on any atom is 0.242 e. The summed E-state index contributed by atoms with van der Waals surface area (Å²) in [6.07, 6.45) is 3.19. The minimum atomic E-state index is -3.57. The van der Waals surface area contributed by atoms with Gasteiger partial charge in [0.15, 0.2) is 0 Å². The van der Waals surface area contributed by atoms with Crippen molar-refractivity contribution in [2.24, 2.45) is 0 Å². The first kappa shape index (κ1) is 13.2. The number of rotatable bonds is 5. The van der Waals surface area contributed by atoms with Gasteiger partial charge in [-0.2, -0.15) is 0 Å². The topological polar surface area (TPSA) is 95.1 Å². The first-order valence-electron chi connectivity index (χ1n) is 5.21. The Labute approximate surface area is 109 Å². The number of H-pyrrole nitrogens is 1. The van der Waals surface area contributed by atoms with Crippen molar-refractivity contribution < 1.29 is 13.5 Å². The summed E-state index contributed by atoms with van der Waals surface area (Å²) in [4.78, 5) is 8.25. The van der Waals surface area contributed by atoms with Crippen molar-refractivity contribution in [1.82, 2.24) is 14.7 Å². The van der Waals surface area contributed by atoms with Gasteiger partial charge in [0, 0.05) is 22.1 Å². The number of hydrogen-bond donors (Lipinski definition) is 3. The van der Waals surface area contributed by atoms with Crippen molar-refractivity contribution in [3.63, 3.8) is 0 Å². The number of aliphatic hydroxyl groups is 1. The Morgan fingerprint density at radius 1 is 1.56 bits per heavy atom. The number of aliphatic hydroxyl groups excluding tert-OH is 1. The zero-order valence-electron chi connectivity index (χ0n) is 9.67. The minimum Gasteiger partial charge on any atom is -0.391 e. The van der Waals surface area contributed by atoms with E-state index in [2.05, 4.69) is 14.7 Å². The van der Waals surface area contributed by atoms with Crippen molar-refractivity contribution in [3.8, 4) is 0 Å². The molecule has 0 fully saturated rings. The Hall–Kier alpha value is -1.22. The Morgan fingerprint density at radius 2 is 2.33 bits per heavy atom. The van der Waals surface area contributed by atoms with Crippen molar-refractivity contribution in [1.29, 1.82) is 0 Å². The van der Waals surface area contributed by atoms with Crippen molar-refractivity contribution >= 4 is 21.4 Å². The van der Waals surface area contributed by atoms with Gasteiger partial charge >= 0.3 is 0 Å². The smallest absolute Gasteiger partial charge is 0.242 e. The molecule has 0 bridgehead atoms. The molecule has 0 aliphatic rings. The predicted octanol–water partition coefficient (Wildman–Crippen LogP) is 0.750. The standard InChI is InChI=1S/C10H13N3O3S2/c1-7-9(4-8(6-14)17-7)18(15,16)13-5-10-11-2-3-12-10/h2-4,13-14H,5-6H2,1H3,(H,11,12). The van der Waals surface area contributed by atoms with Gasteiger partial charge in [0.05, 0.1) is 18.0 Å². The third-order valence-electron chi connectivity index (χ3n) is 2.35. The van der Waals surface area contributed by atoms with E-state index in [0.717, 1.165) is 0 Å². The van der Waals surface area contributed by atoms with E-state index in [1.807, 2.05) is 0 Å². The minimum absolute atomic E-state index is 0.110. The van der Waals surface area contributed by atoms with Gasteiger partial charge in [0.1, 0.15) is 5.82 Å². The molecule has 0 saturated heterocycles. The largest absolute Gasteiger partial charge is 0.391 e. The zero-order chi connectivity index (χ0) is 13.2. The molecule has 98 valence electrons. The summed E-state index contributed by atoms with van der Waals surface area (Å²) in [6, 6.07) is 1.49. The summed E-state index contributed by atoms with van der Waals surface area (Å²) < 4.78 is 26.6. The van der Waals surface area contributed by atoms with E-state index in [-0.39, 0.29) is 18.0 Å². The summed E-state index contributed by atoms with van der Waals surface area (Å²) in [5.41, 5.74) is 0. The van der Waals surface area contributed by atoms with Gasteiger partial charge in [-0.1, -0.05) is 0 Å². The molecule has 0 spiro atoms. The second-order valence-electron chi connectivity index (χ2n) is 3.65. The Bertz CT molecular complexity index is 617. The molecule has 0 aliphatic carbocycles. The summed E-state index contributed by atoms with van der Waals surface area (Å²) in [5.74, 6) is 0.550. The molecule has 8 heteroatoms. The normalized spacial score (nSPS) is 11.9. The molecule has 18 heavy (non-hydrogen) atoms. The molecule has 0 radical (unpaired) electrons. The van der Waals surface area contributed by atoms with Crippen LogP contribution in [-0.4, -0.2) is 23.5 Å². The summed E-state index contributed by atoms with van der Waals surface area (Å²) in [5, 5.41) is 9.00. The van der Waals surface area contributed by atoms with Crippen LogP contribution in [-0.2, 0) is 23.2 Å². The molecule has 3 N–H and O–H groups in total.